The van der Waals surface area contributed by atoms with E-state index in [0.29, 0.717) is 13.0 Å². The molecule has 248 valence electrons. The van der Waals surface area contributed by atoms with Crippen LogP contribution in [0.1, 0.15) is 45.0 Å². The fourth-order valence-electron chi connectivity index (χ4n) is 6.88. The molecule has 0 radical (unpaired) electrons. The van der Waals surface area contributed by atoms with Crippen LogP contribution in [0.2, 0.25) is 0 Å². The highest BCUT2D eigenvalue weighted by molar-refractivity contribution is 8.03. The second-order valence-electron chi connectivity index (χ2n) is 13.2. The number of anilines is 1. The van der Waals surface area contributed by atoms with Crippen molar-refractivity contribution in [2.75, 3.05) is 24.3 Å². The first kappa shape index (κ1) is 33.1. The number of thioether (sulfide) groups is 1. The molecule has 48 heavy (non-hydrogen) atoms. The van der Waals surface area contributed by atoms with Crippen molar-refractivity contribution in [1.29, 1.82) is 0 Å². The number of thiophene rings is 1. The van der Waals surface area contributed by atoms with Crippen LogP contribution in [0.15, 0.2) is 99.3 Å². The molecule has 0 atom stereocenters. The Balaban J connectivity index is 1.29. The molecule has 1 N–H and O–H groups in total. The molecule has 0 saturated carbocycles. The number of nitrogens with zero attached hydrogens (tertiary/aromatic N) is 2. The smallest absolute Gasteiger partial charge is 0.265 e. The average molecular weight is 716 g/mol. The predicted octanol–water partition coefficient (Wildman–Crippen LogP) is 9.96. The van der Waals surface area contributed by atoms with Gasteiger partial charge in [-0.1, -0.05) is 67.3 Å². The third-order valence-electron chi connectivity index (χ3n) is 8.91. The summed E-state index contributed by atoms with van der Waals surface area (Å²) >= 11 is 5.28. The predicted molar refractivity (Wildman–Crippen MR) is 203 cm³/mol. The quantitative estimate of drug-likeness (QED) is 0.121. The number of allylic oxidation sites excluding steroid dienone is 4. The number of fused-ring (bicyclic) bond motifs is 3. The molecule has 0 fully saturated rings. The minimum atomic E-state index is -4.06. The molecule has 3 aromatic carbocycles. The topological polar surface area (TPSA) is 70.7 Å². The largest absolute Gasteiger partial charge is 0.497 e. The van der Waals surface area contributed by atoms with Crippen LogP contribution >= 0.6 is 34.4 Å². The van der Waals surface area contributed by atoms with Gasteiger partial charge in [0, 0.05) is 40.8 Å². The molecule has 0 spiro atoms. The monoisotopic (exact) mass is 715 g/mol. The van der Waals surface area contributed by atoms with Crippen LogP contribution in [-0.4, -0.2) is 32.4 Å². The molecule has 2 aromatic heterocycles. The van der Waals surface area contributed by atoms with Gasteiger partial charge < -0.3 is 9.64 Å². The Morgan fingerprint density at radius 1 is 1.06 bits per heavy atom. The summed E-state index contributed by atoms with van der Waals surface area (Å²) < 4.78 is 43.0. The molecule has 1 aliphatic carbocycles. The van der Waals surface area contributed by atoms with Crippen LogP contribution in [0.4, 0.5) is 5.69 Å². The SMILES string of the molecule is CCN1/C(=C/C2=CC(=C/c3sc4ccc(-c5cccc6ccsc56)cc4[n+]3CCCS(=O)(=O)O)/CC(C)(C)C2)Sc2ccc(OC)cc21. The molecule has 1 aliphatic heterocycles. The van der Waals surface area contributed by atoms with Gasteiger partial charge in [0.25, 0.3) is 15.1 Å². The molecule has 3 heterocycles. The number of thiazole rings is 1. The van der Waals surface area contributed by atoms with E-state index in [0.717, 1.165) is 45.9 Å². The van der Waals surface area contributed by atoms with Gasteiger partial charge in [0.15, 0.2) is 6.54 Å². The molecule has 0 saturated heterocycles. The second kappa shape index (κ2) is 13.1. The second-order valence-corrected chi connectivity index (χ2v) is 17.8. The number of benzene rings is 3. The van der Waals surface area contributed by atoms with Gasteiger partial charge in [0.1, 0.15) is 10.4 Å². The third-order valence-corrected chi connectivity index (χ3v) is 12.9. The van der Waals surface area contributed by atoms with Crippen molar-refractivity contribution < 1.29 is 22.3 Å². The van der Waals surface area contributed by atoms with E-state index < -0.39 is 10.1 Å². The van der Waals surface area contributed by atoms with Crippen LogP contribution in [0, 0.1) is 5.41 Å². The maximum absolute atomic E-state index is 11.7. The minimum absolute atomic E-state index is 0.0718. The normalized spacial score (nSPS) is 17.9. The molecule has 2 aliphatic rings. The summed E-state index contributed by atoms with van der Waals surface area (Å²) in [7, 11) is -2.35. The first-order valence-electron chi connectivity index (χ1n) is 16.1. The van der Waals surface area contributed by atoms with Gasteiger partial charge in [-0.2, -0.15) is 13.0 Å². The number of ether oxygens (including phenoxy) is 1. The number of hydrogen-bond acceptors (Lipinski definition) is 7. The van der Waals surface area contributed by atoms with E-state index in [2.05, 4.69) is 108 Å². The van der Waals surface area contributed by atoms with Crippen LogP contribution in [0.25, 0.3) is 37.5 Å². The van der Waals surface area contributed by atoms with E-state index in [1.54, 1.807) is 41.5 Å². The first-order valence-corrected chi connectivity index (χ1v) is 20.3. The zero-order valence-corrected chi connectivity index (χ0v) is 30.8. The molecule has 0 amide bonds. The summed E-state index contributed by atoms with van der Waals surface area (Å²) in [5, 5.41) is 5.66. The molecular formula is C38H39N2O4S4+. The van der Waals surface area contributed by atoms with Crippen LogP contribution in [-0.2, 0) is 16.7 Å². The molecular weight excluding hydrogens is 677 g/mol. The lowest BCUT2D eigenvalue weighted by atomic mass is 9.75. The van der Waals surface area contributed by atoms with Crippen LogP contribution in [0.3, 0.4) is 0 Å². The van der Waals surface area contributed by atoms with Gasteiger partial charge in [-0.05, 0) is 88.6 Å². The fourth-order valence-corrected chi connectivity index (χ4v) is 10.6. The molecule has 0 bridgehead atoms. The summed E-state index contributed by atoms with van der Waals surface area (Å²) in [4.78, 5) is 3.60. The zero-order chi connectivity index (χ0) is 33.6. The summed E-state index contributed by atoms with van der Waals surface area (Å²) in [5.41, 5.74) is 7.21. The highest BCUT2D eigenvalue weighted by atomic mass is 32.2. The van der Waals surface area contributed by atoms with Crippen molar-refractivity contribution in [2.24, 2.45) is 5.41 Å². The molecule has 10 heteroatoms. The maximum Gasteiger partial charge on any atom is 0.265 e. The van der Waals surface area contributed by atoms with Gasteiger partial charge in [0.05, 0.1) is 23.6 Å². The Morgan fingerprint density at radius 3 is 2.71 bits per heavy atom. The summed E-state index contributed by atoms with van der Waals surface area (Å²) in [6, 6.07) is 21.4. The van der Waals surface area contributed by atoms with Crippen molar-refractivity contribution in [3.05, 3.63) is 99.4 Å². The molecule has 5 aromatic rings. The van der Waals surface area contributed by atoms with Gasteiger partial charge >= 0.3 is 0 Å². The Morgan fingerprint density at radius 2 is 1.92 bits per heavy atom. The molecule has 0 unspecified atom stereocenters. The summed E-state index contributed by atoms with van der Waals surface area (Å²) in [5.74, 6) is 0.590. The number of aromatic nitrogens is 1. The van der Waals surface area contributed by atoms with Gasteiger partial charge in [-0.15, -0.1) is 11.3 Å². The van der Waals surface area contributed by atoms with E-state index in [1.165, 1.54) is 42.4 Å². The van der Waals surface area contributed by atoms with Crippen molar-refractivity contribution in [3.63, 3.8) is 0 Å². The van der Waals surface area contributed by atoms with Crippen molar-refractivity contribution in [3.8, 4) is 16.9 Å². The number of rotatable bonds is 9. The standard InChI is InChI=1S/C38H38N2O4S4/c1-5-39-32-22-29(44-4)11-13-34(32)46-35(39)19-25-18-26(24-38(2,3)23-25)20-36-40(15-7-17-48(41,42)43)31-21-28(10-12-33(31)47-36)30-9-6-8-27-14-16-45-37(27)30/h6,8-14,16,18-22H,5,7,15,17,23-24H2,1-4H3/p+1. The fraction of sp³-hybridized carbons (Fsp3) is 0.289. The van der Waals surface area contributed by atoms with E-state index in [9.17, 15) is 13.0 Å². The average Bonchev–Trinajstić information content (AvgIpc) is 3.74. The van der Waals surface area contributed by atoms with Crippen LogP contribution < -0.4 is 14.2 Å². The van der Waals surface area contributed by atoms with E-state index in [1.807, 2.05) is 6.07 Å². The Hall–Kier alpha value is -3.41. The zero-order valence-electron chi connectivity index (χ0n) is 27.5. The van der Waals surface area contributed by atoms with Gasteiger partial charge in [-0.25, -0.2) is 0 Å². The molecule has 7 rings (SSSR count). The van der Waals surface area contributed by atoms with Gasteiger partial charge in [-0.3, -0.25) is 4.55 Å². The highest BCUT2D eigenvalue weighted by Gasteiger charge is 2.30. The first-order chi connectivity index (χ1) is 23.0. The highest BCUT2D eigenvalue weighted by Crippen LogP contribution is 2.49. The Kier molecular flexibility index (Phi) is 9.06. The van der Waals surface area contributed by atoms with E-state index in [4.69, 9.17) is 4.74 Å². The summed E-state index contributed by atoms with van der Waals surface area (Å²) in [6.07, 6.45) is 9.21. The number of hydrogen-bond donors (Lipinski definition) is 1. The lowest BCUT2D eigenvalue weighted by Gasteiger charge is -2.31. The Labute approximate surface area is 294 Å². The van der Waals surface area contributed by atoms with E-state index in [-0.39, 0.29) is 11.2 Å². The number of aryl methyl sites for hydroxylation is 1. The lowest BCUT2D eigenvalue weighted by molar-refractivity contribution is -0.668. The number of methoxy groups -OCH3 is 1. The summed E-state index contributed by atoms with van der Waals surface area (Å²) in [6.45, 7) is 8.19. The van der Waals surface area contributed by atoms with E-state index >= 15 is 0 Å². The molecule has 6 nitrogen and oxygen atoms in total. The minimum Gasteiger partial charge on any atom is -0.497 e. The van der Waals surface area contributed by atoms with Crippen molar-refractivity contribution in [1.82, 2.24) is 0 Å². The van der Waals surface area contributed by atoms with Crippen molar-refractivity contribution >= 4 is 76.6 Å². The third kappa shape index (κ3) is 6.87. The lowest BCUT2D eigenvalue weighted by Crippen LogP contribution is -2.36. The van der Waals surface area contributed by atoms with Crippen LogP contribution in [0.5, 0.6) is 5.75 Å². The Bertz CT molecular complexity index is 2240. The maximum atomic E-state index is 11.7. The van der Waals surface area contributed by atoms with Gasteiger partial charge in [0.2, 0.25) is 5.52 Å². The van der Waals surface area contributed by atoms with Crippen molar-refractivity contribution in [2.45, 2.75) is 51.5 Å².